The predicted molar refractivity (Wildman–Crippen MR) is 47.5 cm³/mol. The van der Waals surface area contributed by atoms with E-state index >= 15 is 0 Å². The van der Waals surface area contributed by atoms with Crippen LogP contribution in [0.25, 0.3) is 0 Å². The number of allylic oxidation sites excluding steroid dienone is 1. The molecule has 1 rings (SSSR count). The average Bonchev–Trinajstić information content (AvgIpc) is 2.03. The van der Waals surface area contributed by atoms with E-state index in [1.165, 1.54) is 5.57 Å². The molecule has 0 aromatic rings. The third kappa shape index (κ3) is 3.38. The van der Waals surface area contributed by atoms with E-state index in [4.69, 9.17) is 4.74 Å². The van der Waals surface area contributed by atoms with Gasteiger partial charge in [0.1, 0.15) is 0 Å². The number of hydrogen-bond acceptors (Lipinski definition) is 1. The van der Waals surface area contributed by atoms with Gasteiger partial charge < -0.3 is 4.74 Å². The highest BCUT2D eigenvalue weighted by atomic mass is 16.5. The van der Waals surface area contributed by atoms with Gasteiger partial charge in [-0.15, -0.1) is 0 Å². The van der Waals surface area contributed by atoms with Gasteiger partial charge in [-0.25, -0.2) is 0 Å². The monoisotopic (exact) mass is 152 g/mol. The van der Waals surface area contributed by atoms with Crippen LogP contribution in [0.1, 0.15) is 20.3 Å². The maximum Gasteiger partial charge on any atom is 0.0713 e. The molecule has 0 saturated carbocycles. The van der Waals surface area contributed by atoms with E-state index in [-0.39, 0.29) is 0 Å². The quantitative estimate of drug-likeness (QED) is 0.591. The highest BCUT2D eigenvalue weighted by Gasteiger charge is 1.98. The highest BCUT2D eigenvalue weighted by Crippen LogP contribution is 2.08. The van der Waals surface area contributed by atoms with Crippen molar-refractivity contribution in [2.45, 2.75) is 20.3 Å². The zero-order valence-corrected chi connectivity index (χ0v) is 7.34. The lowest BCUT2D eigenvalue weighted by Gasteiger charge is -2.09. The third-order valence-electron chi connectivity index (χ3n) is 1.63. The lowest BCUT2D eigenvalue weighted by atomic mass is 10.1. The fourth-order valence-corrected chi connectivity index (χ4v) is 1.01. The van der Waals surface area contributed by atoms with E-state index < -0.39 is 0 Å². The molecular weight excluding hydrogens is 136 g/mol. The van der Waals surface area contributed by atoms with Crippen LogP contribution in [-0.4, -0.2) is 13.2 Å². The molecule has 1 nitrogen and oxygen atoms in total. The second-order valence-electron chi connectivity index (χ2n) is 3.22. The molecule has 0 N–H and O–H groups in total. The summed E-state index contributed by atoms with van der Waals surface area (Å²) >= 11 is 0. The molecular formula is C10H16O. The van der Waals surface area contributed by atoms with E-state index in [1.54, 1.807) is 0 Å². The fraction of sp³-hybridized carbons (Fsp3) is 0.600. The topological polar surface area (TPSA) is 9.23 Å². The van der Waals surface area contributed by atoms with E-state index in [2.05, 4.69) is 32.1 Å². The summed E-state index contributed by atoms with van der Waals surface area (Å²) in [6.45, 7) is 6.05. The minimum atomic E-state index is 0.637. The zero-order valence-electron chi connectivity index (χ0n) is 7.34. The molecule has 0 amide bonds. The number of ether oxygens (including phenoxy) is 1. The van der Waals surface area contributed by atoms with Gasteiger partial charge in [0.2, 0.25) is 0 Å². The zero-order chi connectivity index (χ0) is 8.10. The van der Waals surface area contributed by atoms with Crippen LogP contribution in [0.2, 0.25) is 0 Å². The van der Waals surface area contributed by atoms with Crippen LogP contribution in [0, 0.1) is 5.92 Å². The minimum Gasteiger partial charge on any atom is -0.376 e. The summed E-state index contributed by atoms with van der Waals surface area (Å²) < 4.78 is 5.29. The molecule has 11 heavy (non-hydrogen) atoms. The smallest absolute Gasteiger partial charge is 0.0713 e. The van der Waals surface area contributed by atoms with Crippen molar-refractivity contribution in [1.82, 2.24) is 0 Å². The van der Waals surface area contributed by atoms with Crippen LogP contribution in [0.5, 0.6) is 0 Å². The molecule has 0 bridgehead atoms. The average molecular weight is 152 g/mol. The van der Waals surface area contributed by atoms with Crippen LogP contribution in [0.4, 0.5) is 0 Å². The van der Waals surface area contributed by atoms with Gasteiger partial charge >= 0.3 is 0 Å². The highest BCUT2D eigenvalue weighted by molar-refractivity contribution is 5.20. The Balaban J connectivity index is 2.41. The van der Waals surface area contributed by atoms with Gasteiger partial charge in [-0.2, -0.15) is 0 Å². The summed E-state index contributed by atoms with van der Waals surface area (Å²) in [4.78, 5) is 0. The molecule has 0 spiro atoms. The molecule has 0 fully saturated rings. The SMILES string of the molecule is CC(C)/C=C/C1=CCCOC1. The van der Waals surface area contributed by atoms with E-state index in [1.807, 2.05) is 0 Å². The molecule has 0 saturated heterocycles. The van der Waals surface area contributed by atoms with Crippen molar-refractivity contribution in [2.75, 3.05) is 13.2 Å². The van der Waals surface area contributed by atoms with E-state index in [9.17, 15) is 0 Å². The van der Waals surface area contributed by atoms with E-state index in [0.29, 0.717) is 5.92 Å². The Morgan fingerprint density at radius 1 is 1.55 bits per heavy atom. The molecule has 1 heterocycles. The molecule has 0 aliphatic carbocycles. The Morgan fingerprint density at radius 2 is 2.36 bits per heavy atom. The van der Waals surface area contributed by atoms with Crippen molar-refractivity contribution in [1.29, 1.82) is 0 Å². The molecule has 0 radical (unpaired) electrons. The van der Waals surface area contributed by atoms with Crippen LogP contribution in [-0.2, 0) is 4.74 Å². The lowest BCUT2D eigenvalue weighted by Crippen LogP contribution is -2.03. The summed E-state index contributed by atoms with van der Waals surface area (Å²) in [5.41, 5.74) is 1.32. The second kappa shape index (κ2) is 4.35. The van der Waals surface area contributed by atoms with Crippen LogP contribution in [0.3, 0.4) is 0 Å². The Morgan fingerprint density at radius 3 is 2.91 bits per heavy atom. The number of rotatable bonds is 2. The first kappa shape index (κ1) is 8.54. The van der Waals surface area contributed by atoms with Crippen molar-refractivity contribution in [2.24, 2.45) is 5.92 Å². The summed E-state index contributed by atoms with van der Waals surface area (Å²) in [6.07, 6.45) is 7.70. The molecule has 1 heteroatoms. The van der Waals surface area contributed by atoms with E-state index in [0.717, 1.165) is 19.6 Å². The van der Waals surface area contributed by atoms with Crippen molar-refractivity contribution in [3.8, 4) is 0 Å². The molecule has 0 unspecified atom stereocenters. The Kier molecular flexibility index (Phi) is 3.37. The molecule has 0 aromatic heterocycles. The maximum atomic E-state index is 5.29. The van der Waals surface area contributed by atoms with Crippen molar-refractivity contribution < 1.29 is 4.74 Å². The normalized spacial score (nSPS) is 19.4. The number of hydrogen-bond donors (Lipinski definition) is 0. The van der Waals surface area contributed by atoms with Gasteiger partial charge in [0.15, 0.2) is 0 Å². The fourth-order valence-electron chi connectivity index (χ4n) is 1.01. The first-order chi connectivity index (χ1) is 5.29. The minimum absolute atomic E-state index is 0.637. The van der Waals surface area contributed by atoms with Gasteiger partial charge in [-0.05, 0) is 17.9 Å². The Hall–Kier alpha value is -0.560. The maximum absolute atomic E-state index is 5.29. The lowest BCUT2D eigenvalue weighted by molar-refractivity contribution is 0.153. The first-order valence-electron chi connectivity index (χ1n) is 4.24. The molecule has 0 atom stereocenters. The van der Waals surface area contributed by atoms with Crippen LogP contribution >= 0.6 is 0 Å². The second-order valence-corrected chi connectivity index (χ2v) is 3.22. The van der Waals surface area contributed by atoms with Gasteiger partial charge in [0, 0.05) is 0 Å². The van der Waals surface area contributed by atoms with Crippen LogP contribution in [0.15, 0.2) is 23.8 Å². The Labute approximate surface area is 68.8 Å². The van der Waals surface area contributed by atoms with Gasteiger partial charge in [-0.1, -0.05) is 32.1 Å². The summed E-state index contributed by atoms with van der Waals surface area (Å²) in [5, 5.41) is 0. The molecule has 0 aromatic carbocycles. The summed E-state index contributed by atoms with van der Waals surface area (Å²) in [7, 11) is 0. The van der Waals surface area contributed by atoms with Gasteiger partial charge in [0.05, 0.1) is 13.2 Å². The summed E-state index contributed by atoms with van der Waals surface area (Å²) in [6, 6.07) is 0. The van der Waals surface area contributed by atoms with Crippen molar-refractivity contribution >= 4 is 0 Å². The molecule has 62 valence electrons. The van der Waals surface area contributed by atoms with Crippen LogP contribution < -0.4 is 0 Å². The van der Waals surface area contributed by atoms with Crippen molar-refractivity contribution in [3.05, 3.63) is 23.8 Å². The Bertz CT molecular complexity index is 166. The predicted octanol–water partition coefficient (Wildman–Crippen LogP) is 2.55. The molecule has 1 aliphatic heterocycles. The van der Waals surface area contributed by atoms with Crippen molar-refractivity contribution in [3.63, 3.8) is 0 Å². The van der Waals surface area contributed by atoms with Gasteiger partial charge in [0.25, 0.3) is 0 Å². The largest absolute Gasteiger partial charge is 0.376 e. The molecule has 1 aliphatic rings. The first-order valence-corrected chi connectivity index (χ1v) is 4.24. The van der Waals surface area contributed by atoms with Gasteiger partial charge in [-0.3, -0.25) is 0 Å². The third-order valence-corrected chi connectivity index (χ3v) is 1.63. The summed E-state index contributed by atoms with van der Waals surface area (Å²) in [5.74, 6) is 0.637. The standard InChI is InChI=1S/C10H16O/c1-9(2)5-6-10-4-3-7-11-8-10/h4-6,9H,3,7-8H2,1-2H3/b6-5+.